The van der Waals surface area contributed by atoms with E-state index in [1.54, 1.807) is 11.3 Å². The molecule has 0 aliphatic carbocycles. The molecule has 3 rings (SSSR count). The molecule has 0 radical (unpaired) electrons. The topological polar surface area (TPSA) is 16.8 Å². The minimum atomic E-state index is 1.01. The van der Waals surface area contributed by atoms with Gasteiger partial charge in [-0.05, 0) is 40.6 Å². The molecule has 0 saturated heterocycles. The minimum absolute atomic E-state index is 1.01. The summed E-state index contributed by atoms with van der Waals surface area (Å²) in [5.74, 6) is 0. The molecule has 0 amide bonds. The van der Waals surface area contributed by atoms with Crippen LogP contribution in [-0.2, 0) is 0 Å². The molecule has 0 unspecified atom stereocenters. The zero-order valence-electron chi connectivity index (χ0n) is 8.00. The predicted octanol–water partition coefficient (Wildman–Crippen LogP) is 2.57. The Bertz CT molecular complexity index is 554. The van der Waals surface area contributed by atoms with E-state index in [0.29, 0.717) is 0 Å². The molecule has 0 bridgehead atoms. The summed E-state index contributed by atoms with van der Waals surface area (Å²) in [7, 11) is 0. The average molecular weight is 213 g/mol. The standard InChI is InChI=1S/C12H9N2S/c1-4-8-14(9-5-1)12-13-10-6-2-3-7-11(10)15-12/h1-9H/q+1. The van der Waals surface area contributed by atoms with Gasteiger partial charge in [-0.2, -0.15) is 4.57 Å². The van der Waals surface area contributed by atoms with Gasteiger partial charge in [0.25, 0.3) is 0 Å². The van der Waals surface area contributed by atoms with Gasteiger partial charge in [-0.1, -0.05) is 18.2 Å². The van der Waals surface area contributed by atoms with Gasteiger partial charge < -0.3 is 0 Å². The molecule has 15 heavy (non-hydrogen) atoms. The molecule has 3 aromatic rings. The Hall–Kier alpha value is -1.74. The molecule has 0 saturated carbocycles. The largest absolute Gasteiger partial charge is 0.388 e. The number of hydrogen-bond acceptors (Lipinski definition) is 2. The fourth-order valence-corrected chi connectivity index (χ4v) is 2.43. The molecular formula is C12H9N2S+. The molecule has 3 heteroatoms. The average Bonchev–Trinajstić information content (AvgIpc) is 2.74. The molecule has 2 nitrogen and oxygen atoms in total. The first-order valence-corrected chi connectivity index (χ1v) is 5.57. The first kappa shape index (κ1) is 8.56. The van der Waals surface area contributed by atoms with Crippen LogP contribution in [0.1, 0.15) is 0 Å². The molecule has 0 spiro atoms. The second-order valence-corrected chi connectivity index (χ2v) is 4.26. The molecule has 0 aliphatic rings. The fourth-order valence-electron chi connectivity index (χ4n) is 1.50. The number of thiazole rings is 1. The van der Waals surface area contributed by atoms with Crippen molar-refractivity contribution < 1.29 is 4.57 Å². The summed E-state index contributed by atoms with van der Waals surface area (Å²) in [6.07, 6.45) is 4.02. The Balaban J connectivity index is 2.21. The van der Waals surface area contributed by atoms with Crippen molar-refractivity contribution in [3.63, 3.8) is 0 Å². The van der Waals surface area contributed by atoms with Gasteiger partial charge >= 0.3 is 5.13 Å². The van der Waals surface area contributed by atoms with Gasteiger partial charge in [0.1, 0.15) is 0 Å². The summed E-state index contributed by atoms with van der Waals surface area (Å²) < 4.78 is 3.26. The molecule has 72 valence electrons. The number of benzene rings is 1. The number of fused-ring (bicyclic) bond motifs is 1. The maximum Gasteiger partial charge on any atom is 0.388 e. The van der Waals surface area contributed by atoms with Crippen LogP contribution in [0.15, 0.2) is 54.9 Å². The summed E-state index contributed by atoms with van der Waals surface area (Å²) in [6, 6.07) is 14.2. The third kappa shape index (κ3) is 1.51. The van der Waals surface area contributed by atoms with E-state index in [-0.39, 0.29) is 0 Å². The van der Waals surface area contributed by atoms with Crippen LogP contribution in [0.5, 0.6) is 0 Å². The lowest BCUT2D eigenvalue weighted by atomic mass is 10.3. The van der Waals surface area contributed by atoms with Gasteiger partial charge in [0.2, 0.25) is 0 Å². The van der Waals surface area contributed by atoms with Gasteiger partial charge in [0.15, 0.2) is 5.52 Å². The van der Waals surface area contributed by atoms with Crippen molar-refractivity contribution >= 4 is 21.6 Å². The van der Waals surface area contributed by atoms with E-state index >= 15 is 0 Å². The SMILES string of the molecule is c1cc[n+](-c2nc3ccccc3s2)cc1. The number of pyridine rings is 1. The van der Waals surface area contributed by atoms with Crippen LogP contribution in [0.25, 0.3) is 15.3 Å². The van der Waals surface area contributed by atoms with Crippen LogP contribution in [0.4, 0.5) is 0 Å². The van der Waals surface area contributed by atoms with Crippen LogP contribution >= 0.6 is 11.3 Å². The Morgan fingerprint density at radius 1 is 0.933 bits per heavy atom. The summed E-state index contributed by atoms with van der Waals surface area (Å²) in [4.78, 5) is 4.56. The molecule has 0 aliphatic heterocycles. The Kier molecular flexibility index (Phi) is 1.96. The van der Waals surface area contributed by atoms with Crippen molar-refractivity contribution in [2.24, 2.45) is 0 Å². The minimum Gasteiger partial charge on any atom is -0.194 e. The Morgan fingerprint density at radius 3 is 2.53 bits per heavy atom. The van der Waals surface area contributed by atoms with Crippen molar-refractivity contribution in [2.45, 2.75) is 0 Å². The second-order valence-electron chi connectivity index (χ2n) is 3.25. The van der Waals surface area contributed by atoms with Gasteiger partial charge in [-0.15, -0.1) is 0 Å². The molecule has 2 aromatic heterocycles. The maximum absolute atomic E-state index is 4.56. The van der Waals surface area contributed by atoms with Crippen molar-refractivity contribution in [1.82, 2.24) is 4.98 Å². The van der Waals surface area contributed by atoms with Crippen LogP contribution in [0, 0.1) is 0 Å². The smallest absolute Gasteiger partial charge is 0.194 e. The highest BCUT2D eigenvalue weighted by Gasteiger charge is 2.13. The Morgan fingerprint density at radius 2 is 1.73 bits per heavy atom. The van der Waals surface area contributed by atoms with Crippen LogP contribution in [0.2, 0.25) is 0 Å². The quantitative estimate of drug-likeness (QED) is 0.568. The van der Waals surface area contributed by atoms with Gasteiger partial charge in [-0.3, -0.25) is 0 Å². The summed E-state index contributed by atoms with van der Waals surface area (Å²) in [6.45, 7) is 0. The van der Waals surface area contributed by atoms with Gasteiger partial charge in [0.05, 0.1) is 17.1 Å². The summed E-state index contributed by atoms with van der Waals surface area (Å²) >= 11 is 1.70. The van der Waals surface area contributed by atoms with Gasteiger partial charge in [0, 0.05) is 0 Å². The van der Waals surface area contributed by atoms with Crippen LogP contribution < -0.4 is 4.57 Å². The number of rotatable bonds is 1. The van der Waals surface area contributed by atoms with Crippen molar-refractivity contribution in [1.29, 1.82) is 0 Å². The number of para-hydroxylation sites is 1. The normalized spacial score (nSPS) is 10.7. The number of nitrogens with zero attached hydrogens (tertiary/aromatic N) is 2. The lowest BCUT2D eigenvalue weighted by molar-refractivity contribution is -0.595. The monoisotopic (exact) mass is 213 g/mol. The molecular weight excluding hydrogens is 204 g/mol. The maximum atomic E-state index is 4.56. The molecule has 0 fully saturated rings. The highest BCUT2D eigenvalue weighted by Crippen LogP contribution is 2.20. The third-order valence-corrected chi connectivity index (χ3v) is 3.27. The summed E-state index contributed by atoms with van der Waals surface area (Å²) in [5.41, 5.74) is 1.06. The molecule has 1 aromatic carbocycles. The molecule has 2 heterocycles. The van der Waals surface area contributed by atoms with Crippen molar-refractivity contribution in [3.8, 4) is 5.13 Å². The van der Waals surface area contributed by atoms with E-state index in [1.807, 2.05) is 53.4 Å². The van der Waals surface area contributed by atoms with Crippen molar-refractivity contribution in [2.75, 3.05) is 0 Å². The number of hydrogen-bond donors (Lipinski definition) is 0. The lowest BCUT2D eigenvalue weighted by Gasteiger charge is -1.87. The second kappa shape index (κ2) is 3.44. The fraction of sp³-hybridized carbons (Fsp3) is 0. The van der Waals surface area contributed by atoms with Gasteiger partial charge in [-0.25, -0.2) is 0 Å². The van der Waals surface area contributed by atoms with Crippen LogP contribution in [0.3, 0.4) is 0 Å². The zero-order chi connectivity index (χ0) is 10.1. The third-order valence-electron chi connectivity index (χ3n) is 2.22. The zero-order valence-corrected chi connectivity index (χ0v) is 8.82. The van der Waals surface area contributed by atoms with E-state index in [1.165, 1.54) is 4.70 Å². The first-order chi connectivity index (χ1) is 7.43. The van der Waals surface area contributed by atoms with E-state index in [4.69, 9.17) is 0 Å². The van der Waals surface area contributed by atoms with Crippen molar-refractivity contribution in [3.05, 3.63) is 54.9 Å². The highest BCUT2D eigenvalue weighted by atomic mass is 32.1. The predicted molar refractivity (Wildman–Crippen MR) is 61.2 cm³/mol. The highest BCUT2D eigenvalue weighted by molar-refractivity contribution is 7.20. The molecule has 0 N–H and O–H groups in total. The summed E-state index contributed by atoms with van der Waals surface area (Å²) in [5, 5.41) is 1.01. The van der Waals surface area contributed by atoms with E-state index in [9.17, 15) is 0 Å². The lowest BCUT2D eigenvalue weighted by Crippen LogP contribution is -2.28. The first-order valence-electron chi connectivity index (χ1n) is 4.76. The molecule has 0 atom stereocenters. The van der Waals surface area contributed by atoms with E-state index in [2.05, 4.69) is 11.1 Å². The Labute approximate surface area is 91.5 Å². The van der Waals surface area contributed by atoms with E-state index in [0.717, 1.165) is 10.6 Å². The number of aromatic nitrogens is 2. The van der Waals surface area contributed by atoms with Crippen LogP contribution in [-0.4, -0.2) is 4.98 Å². The van der Waals surface area contributed by atoms with E-state index < -0.39 is 0 Å².